The standard InChI is InChI=1S/C13H18N2O3S/c1-10-9-15(6-5-14-10)19(16,17)12-2-3-13-11(8-12)4-7-18-13/h2-3,8,10,14H,4-7,9H2,1H3/t10-/m1/s1. The minimum atomic E-state index is -3.38. The maximum atomic E-state index is 12.6. The van der Waals surface area contributed by atoms with Crippen LogP contribution in [0.4, 0.5) is 0 Å². The number of piperazine rings is 1. The van der Waals surface area contributed by atoms with Crippen LogP contribution in [0.5, 0.6) is 5.75 Å². The molecule has 0 saturated carbocycles. The van der Waals surface area contributed by atoms with Crippen molar-refractivity contribution in [3.8, 4) is 5.75 Å². The van der Waals surface area contributed by atoms with Gasteiger partial charge in [0.1, 0.15) is 5.75 Å². The van der Waals surface area contributed by atoms with Gasteiger partial charge >= 0.3 is 0 Å². The molecule has 1 aromatic carbocycles. The Morgan fingerprint density at radius 2 is 2.26 bits per heavy atom. The van der Waals surface area contributed by atoms with Crippen LogP contribution in [0.2, 0.25) is 0 Å². The van der Waals surface area contributed by atoms with Crippen molar-refractivity contribution in [3.63, 3.8) is 0 Å². The van der Waals surface area contributed by atoms with Crippen molar-refractivity contribution >= 4 is 10.0 Å². The van der Waals surface area contributed by atoms with Gasteiger partial charge in [-0.25, -0.2) is 8.42 Å². The van der Waals surface area contributed by atoms with E-state index in [0.29, 0.717) is 31.1 Å². The van der Waals surface area contributed by atoms with Gasteiger partial charge in [-0.1, -0.05) is 0 Å². The number of hydrogen-bond acceptors (Lipinski definition) is 4. The van der Waals surface area contributed by atoms with Crippen molar-refractivity contribution in [2.45, 2.75) is 24.3 Å². The zero-order valence-corrected chi connectivity index (χ0v) is 11.7. The van der Waals surface area contributed by atoms with E-state index in [1.165, 1.54) is 0 Å². The Morgan fingerprint density at radius 3 is 3.05 bits per heavy atom. The monoisotopic (exact) mass is 282 g/mol. The molecule has 19 heavy (non-hydrogen) atoms. The molecule has 1 N–H and O–H groups in total. The molecule has 0 aromatic heterocycles. The van der Waals surface area contributed by atoms with Gasteiger partial charge in [0.25, 0.3) is 0 Å². The predicted molar refractivity (Wildman–Crippen MR) is 71.9 cm³/mol. The van der Waals surface area contributed by atoms with Crippen molar-refractivity contribution in [1.29, 1.82) is 0 Å². The van der Waals surface area contributed by atoms with Crippen LogP contribution in [0.3, 0.4) is 0 Å². The van der Waals surface area contributed by atoms with Crippen molar-refractivity contribution in [2.75, 3.05) is 26.2 Å². The Hall–Kier alpha value is -1.11. The van der Waals surface area contributed by atoms with Gasteiger partial charge in [0, 0.05) is 32.1 Å². The van der Waals surface area contributed by atoms with Crippen LogP contribution in [0.15, 0.2) is 23.1 Å². The molecule has 1 fully saturated rings. The molecule has 3 rings (SSSR count). The van der Waals surface area contributed by atoms with Crippen LogP contribution in [0.25, 0.3) is 0 Å². The van der Waals surface area contributed by atoms with Gasteiger partial charge < -0.3 is 10.1 Å². The third-order valence-corrected chi connectivity index (χ3v) is 5.49. The average molecular weight is 282 g/mol. The lowest BCUT2D eigenvalue weighted by Gasteiger charge is -2.31. The van der Waals surface area contributed by atoms with Gasteiger partial charge in [-0.2, -0.15) is 4.31 Å². The molecule has 0 radical (unpaired) electrons. The van der Waals surface area contributed by atoms with Crippen LogP contribution in [-0.2, 0) is 16.4 Å². The third kappa shape index (κ3) is 2.35. The summed E-state index contributed by atoms with van der Waals surface area (Å²) >= 11 is 0. The summed E-state index contributed by atoms with van der Waals surface area (Å²) in [6.07, 6.45) is 0.788. The second kappa shape index (κ2) is 4.77. The molecular weight excluding hydrogens is 264 g/mol. The fraction of sp³-hybridized carbons (Fsp3) is 0.538. The van der Waals surface area contributed by atoms with E-state index in [1.54, 1.807) is 22.5 Å². The molecular formula is C13H18N2O3S. The summed E-state index contributed by atoms with van der Waals surface area (Å²) in [6, 6.07) is 5.36. The summed E-state index contributed by atoms with van der Waals surface area (Å²) in [5.74, 6) is 0.813. The molecule has 2 aliphatic heterocycles. The largest absolute Gasteiger partial charge is 0.493 e. The van der Waals surface area contributed by atoms with E-state index in [4.69, 9.17) is 4.74 Å². The van der Waals surface area contributed by atoms with Gasteiger partial charge in [-0.3, -0.25) is 0 Å². The molecule has 2 heterocycles. The smallest absolute Gasteiger partial charge is 0.243 e. The van der Waals surface area contributed by atoms with Crippen LogP contribution in [-0.4, -0.2) is 45.0 Å². The number of sulfonamides is 1. The first-order valence-electron chi connectivity index (χ1n) is 6.56. The molecule has 5 nitrogen and oxygen atoms in total. The second-order valence-electron chi connectivity index (χ2n) is 5.09. The molecule has 6 heteroatoms. The maximum absolute atomic E-state index is 12.6. The zero-order valence-electron chi connectivity index (χ0n) is 10.9. The second-order valence-corrected chi connectivity index (χ2v) is 7.02. The SMILES string of the molecule is C[C@@H]1CN(S(=O)(=O)c2ccc3c(c2)CCO3)CCN1. The normalized spacial score (nSPS) is 23.9. The molecule has 1 aromatic rings. The van der Waals surface area contributed by atoms with Crippen molar-refractivity contribution < 1.29 is 13.2 Å². The molecule has 104 valence electrons. The minimum Gasteiger partial charge on any atom is -0.493 e. The molecule has 2 aliphatic rings. The van der Waals surface area contributed by atoms with E-state index in [0.717, 1.165) is 17.7 Å². The quantitative estimate of drug-likeness (QED) is 0.863. The number of nitrogens with one attached hydrogen (secondary N) is 1. The van der Waals surface area contributed by atoms with Gasteiger partial charge in [0.05, 0.1) is 11.5 Å². The fourth-order valence-electron chi connectivity index (χ4n) is 2.59. The number of ether oxygens (including phenoxy) is 1. The number of hydrogen-bond donors (Lipinski definition) is 1. The summed E-state index contributed by atoms with van der Waals surface area (Å²) in [7, 11) is -3.38. The highest BCUT2D eigenvalue weighted by Crippen LogP contribution is 2.29. The van der Waals surface area contributed by atoms with Crippen LogP contribution < -0.4 is 10.1 Å². The third-order valence-electron chi connectivity index (χ3n) is 3.63. The van der Waals surface area contributed by atoms with Crippen molar-refractivity contribution in [1.82, 2.24) is 9.62 Å². The van der Waals surface area contributed by atoms with E-state index in [-0.39, 0.29) is 6.04 Å². The summed E-state index contributed by atoms with van der Waals surface area (Å²) in [5.41, 5.74) is 0.990. The Bertz CT molecular complexity index is 586. The van der Waals surface area contributed by atoms with Crippen molar-refractivity contribution in [2.24, 2.45) is 0 Å². The first kappa shape index (κ1) is 12.9. The van der Waals surface area contributed by atoms with E-state index in [9.17, 15) is 8.42 Å². The Balaban J connectivity index is 1.91. The first-order valence-corrected chi connectivity index (χ1v) is 8.00. The molecule has 1 atom stereocenters. The van der Waals surface area contributed by atoms with E-state index < -0.39 is 10.0 Å². The minimum absolute atomic E-state index is 0.196. The van der Waals surface area contributed by atoms with Crippen LogP contribution in [0, 0.1) is 0 Å². The summed E-state index contributed by atoms with van der Waals surface area (Å²) in [6.45, 7) is 4.40. The van der Waals surface area contributed by atoms with Gasteiger partial charge in [-0.15, -0.1) is 0 Å². The summed E-state index contributed by atoms with van der Waals surface area (Å²) in [5, 5.41) is 3.25. The molecule has 0 unspecified atom stereocenters. The highest BCUT2D eigenvalue weighted by Gasteiger charge is 2.29. The lowest BCUT2D eigenvalue weighted by Crippen LogP contribution is -2.51. The van der Waals surface area contributed by atoms with E-state index in [1.807, 2.05) is 6.92 Å². The molecule has 0 aliphatic carbocycles. The average Bonchev–Trinajstić information content (AvgIpc) is 2.85. The topological polar surface area (TPSA) is 58.6 Å². The van der Waals surface area contributed by atoms with Crippen molar-refractivity contribution in [3.05, 3.63) is 23.8 Å². The van der Waals surface area contributed by atoms with Crippen LogP contribution in [0.1, 0.15) is 12.5 Å². The number of benzene rings is 1. The number of rotatable bonds is 2. The lowest BCUT2D eigenvalue weighted by atomic mass is 10.2. The molecule has 0 bridgehead atoms. The van der Waals surface area contributed by atoms with Gasteiger partial charge in [0.2, 0.25) is 10.0 Å². The van der Waals surface area contributed by atoms with Gasteiger partial charge in [-0.05, 0) is 30.7 Å². The highest BCUT2D eigenvalue weighted by atomic mass is 32.2. The molecule has 1 saturated heterocycles. The molecule has 0 amide bonds. The predicted octanol–water partition coefficient (Wildman–Crippen LogP) is 0.604. The fourth-order valence-corrected chi connectivity index (χ4v) is 4.17. The van der Waals surface area contributed by atoms with Crippen LogP contribution >= 0.6 is 0 Å². The summed E-state index contributed by atoms with van der Waals surface area (Å²) in [4.78, 5) is 0.380. The van der Waals surface area contributed by atoms with Gasteiger partial charge in [0.15, 0.2) is 0 Å². The maximum Gasteiger partial charge on any atom is 0.243 e. The first-order chi connectivity index (χ1) is 9.07. The van der Waals surface area contributed by atoms with E-state index >= 15 is 0 Å². The number of fused-ring (bicyclic) bond motifs is 1. The molecule has 0 spiro atoms. The number of nitrogens with zero attached hydrogens (tertiary/aromatic N) is 1. The Morgan fingerprint density at radius 1 is 1.42 bits per heavy atom. The summed E-state index contributed by atoms with van der Waals surface area (Å²) < 4.78 is 32.2. The highest BCUT2D eigenvalue weighted by molar-refractivity contribution is 7.89. The Labute approximate surface area is 113 Å². The van der Waals surface area contributed by atoms with E-state index in [2.05, 4.69) is 5.32 Å². The Kier molecular flexibility index (Phi) is 3.24. The lowest BCUT2D eigenvalue weighted by molar-refractivity contribution is 0.310. The zero-order chi connectivity index (χ0) is 13.5.